The Morgan fingerprint density at radius 3 is 2.57 bits per heavy atom. The molecule has 7 heteroatoms. The number of aromatic nitrogens is 3. The molecule has 7 nitrogen and oxygen atoms in total. The van der Waals surface area contributed by atoms with E-state index in [0.717, 1.165) is 47.6 Å². The highest BCUT2D eigenvalue weighted by Crippen LogP contribution is 2.20. The van der Waals surface area contributed by atoms with Gasteiger partial charge in [-0.3, -0.25) is 14.7 Å². The number of benzene rings is 2. The zero-order chi connectivity index (χ0) is 25.2. The number of carbonyl (C=O) groups is 1. The van der Waals surface area contributed by atoms with Crippen molar-refractivity contribution in [1.82, 2.24) is 24.2 Å². The lowest BCUT2D eigenvalue weighted by Gasteiger charge is -2.35. The van der Waals surface area contributed by atoms with Crippen molar-refractivity contribution in [3.05, 3.63) is 108 Å². The Morgan fingerprint density at radius 2 is 1.73 bits per heavy atom. The number of carbonyl (C=O) groups excluding carboxylic acids is 1. The second-order valence-corrected chi connectivity index (χ2v) is 9.58. The highest BCUT2D eigenvalue weighted by molar-refractivity contribution is 5.94. The van der Waals surface area contributed by atoms with Crippen molar-refractivity contribution in [3.63, 3.8) is 0 Å². The predicted octanol–water partition coefficient (Wildman–Crippen LogP) is 4.73. The minimum absolute atomic E-state index is 0.0637. The normalized spacial score (nSPS) is 14.4. The van der Waals surface area contributed by atoms with E-state index in [1.54, 1.807) is 0 Å². The molecule has 1 saturated heterocycles. The first-order chi connectivity index (χ1) is 18.1. The fourth-order valence-corrected chi connectivity index (χ4v) is 4.90. The molecule has 0 N–H and O–H groups in total. The standard InChI is InChI=1S/C30H29N5O2/c1-22-7-12-28-32-26(20-35(28)18-22)21-37-27-10-8-24(9-11-27)30(36)34-16-14-33(15-17-34)19-25-5-2-4-23-6-3-13-31-29(23)25/h2-13,18,20H,14-17,19,21H2,1H3. The predicted molar refractivity (Wildman–Crippen MR) is 144 cm³/mol. The molecule has 0 saturated carbocycles. The van der Waals surface area contributed by atoms with Gasteiger partial charge in [0.1, 0.15) is 18.0 Å². The SMILES string of the molecule is Cc1ccc2nc(COc3ccc(C(=O)N4CCN(Cc5cccc6cccnc56)CC4)cc3)cn2c1. The Bertz CT molecular complexity index is 1550. The van der Waals surface area contributed by atoms with Crippen LogP contribution in [-0.2, 0) is 13.2 Å². The molecule has 1 fully saturated rings. The van der Waals surface area contributed by atoms with Crippen LogP contribution < -0.4 is 4.74 Å². The van der Waals surface area contributed by atoms with Crippen molar-refractivity contribution in [3.8, 4) is 5.75 Å². The van der Waals surface area contributed by atoms with E-state index in [-0.39, 0.29) is 5.91 Å². The van der Waals surface area contributed by atoms with E-state index in [1.165, 1.54) is 11.1 Å². The van der Waals surface area contributed by atoms with Gasteiger partial charge in [0.2, 0.25) is 0 Å². The molecule has 2 aromatic carbocycles. The van der Waals surface area contributed by atoms with E-state index in [2.05, 4.69) is 46.1 Å². The van der Waals surface area contributed by atoms with Crippen LogP contribution in [0.3, 0.4) is 0 Å². The van der Waals surface area contributed by atoms with Gasteiger partial charge < -0.3 is 14.0 Å². The molecule has 5 aromatic rings. The topological polar surface area (TPSA) is 63.0 Å². The largest absolute Gasteiger partial charge is 0.487 e. The zero-order valence-corrected chi connectivity index (χ0v) is 20.9. The van der Waals surface area contributed by atoms with Crippen LogP contribution in [0, 0.1) is 6.92 Å². The summed E-state index contributed by atoms with van der Waals surface area (Å²) in [6, 6.07) is 21.9. The number of imidazole rings is 1. The van der Waals surface area contributed by atoms with E-state index in [0.29, 0.717) is 25.3 Å². The molecule has 0 aliphatic carbocycles. The summed E-state index contributed by atoms with van der Waals surface area (Å²) in [6.45, 7) is 6.38. The number of piperazine rings is 1. The maximum Gasteiger partial charge on any atom is 0.253 e. The van der Waals surface area contributed by atoms with E-state index in [4.69, 9.17) is 4.74 Å². The molecule has 1 aliphatic rings. The molecule has 0 atom stereocenters. The number of rotatable bonds is 6. The number of hydrogen-bond donors (Lipinski definition) is 0. The summed E-state index contributed by atoms with van der Waals surface area (Å²) in [7, 11) is 0. The summed E-state index contributed by atoms with van der Waals surface area (Å²) >= 11 is 0. The van der Waals surface area contributed by atoms with Gasteiger partial charge in [0.15, 0.2) is 0 Å². The van der Waals surface area contributed by atoms with Gasteiger partial charge in [0, 0.05) is 62.3 Å². The lowest BCUT2D eigenvalue weighted by molar-refractivity contribution is 0.0629. The van der Waals surface area contributed by atoms with Crippen molar-refractivity contribution in [2.45, 2.75) is 20.1 Å². The summed E-state index contributed by atoms with van der Waals surface area (Å²) in [6.07, 6.45) is 5.88. The van der Waals surface area contributed by atoms with Gasteiger partial charge in [-0.25, -0.2) is 4.98 Å². The molecule has 1 amide bonds. The van der Waals surface area contributed by atoms with Crippen molar-refractivity contribution in [1.29, 1.82) is 0 Å². The Labute approximate surface area is 215 Å². The highest BCUT2D eigenvalue weighted by Gasteiger charge is 2.22. The quantitative estimate of drug-likeness (QED) is 0.344. The first kappa shape index (κ1) is 23.2. The van der Waals surface area contributed by atoms with Gasteiger partial charge in [0.25, 0.3) is 5.91 Å². The summed E-state index contributed by atoms with van der Waals surface area (Å²) < 4.78 is 7.93. The Kier molecular flexibility index (Phi) is 6.28. The van der Waals surface area contributed by atoms with Gasteiger partial charge in [-0.05, 0) is 54.4 Å². The van der Waals surface area contributed by atoms with Crippen LogP contribution in [0.5, 0.6) is 5.75 Å². The second kappa shape index (κ2) is 10.0. The molecular weight excluding hydrogens is 462 g/mol. The van der Waals surface area contributed by atoms with Gasteiger partial charge >= 0.3 is 0 Å². The van der Waals surface area contributed by atoms with Crippen molar-refractivity contribution in [2.24, 2.45) is 0 Å². The summed E-state index contributed by atoms with van der Waals surface area (Å²) in [5, 5.41) is 1.16. The van der Waals surface area contributed by atoms with Crippen LogP contribution in [0.15, 0.2) is 85.3 Å². The average Bonchev–Trinajstić information content (AvgIpc) is 3.34. The van der Waals surface area contributed by atoms with Crippen LogP contribution in [0.2, 0.25) is 0 Å². The molecule has 186 valence electrons. The molecule has 0 spiro atoms. The summed E-state index contributed by atoms with van der Waals surface area (Å²) in [5.41, 5.74) is 5.92. The molecular formula is C30H29N5O2. The van der Waals surface area contributed by atoms with E-state index < -0.39 is 0 Å². The van der Waals surface area contributed by atoms with E-state index >= 15 is 0 Å². The first-order valence-corrected chi connectivity index (χ1v) is 12.6. The number of hydrogen-bond acceptors (Lipinski definition) is 5. The Morgan fingerprint density at radius 1 is 0.919 bits per heavy atom. The van der Waals surface area contributed by atoms with Crippen molar-refractivity contribution >= 4 is 22.5 Å². The number of ether oxygens (including phenoxy) is 1. The smallest absolute Gasteiger partial charge is 0.253 e. The Balaban J connectivity index is 1.03. The van der Waals surface area contributed by atoms with Gasteiger partial charge in [-0.1, -0.05) is 30.3 Å². The van der Waals surface area contributed by atoms with Gasteiger partial charge in [-0.2, -0.15) is 0 Å². The van der Waals surface area contributed by atoms with Crippen LogP contribution in [0.1, 0.15) is 27.2 Å². The number of para-hydroxylation sites is 1. The molecule has 0 bridgehead atoms. The van der Waals surface area contributed by atoms with E-state index in [1.807, 2.05) is 70.4 Å². The van der Waals surface area contributed by atoms with Crippen LogP contribution in [-0.4, -0.2) is 56.3 Å². The second-order valence-electron chi connectivity index (χ2n) is 9.58. The number of pyridine rings is 2. The first-order valence-electron chi connectivity index (χ1n) is 12.6. The third kappa shape index (κ3) is 5.04. The van der Waals surface area contributed by atoms with Crippen molar-refractivity contribution < 1.29 is 9.53 Å². The average molecular weight is 492 g/mol. The third-order valence-corrected chi connectivity index (χ3v) is 6.91. The third-order valence-electron chi connectivity index (χ3n) is 6.91. The monoisotopic (exact) mass is 491 g/mol. The van der Waals surface area contributed by atoms with Gasteiger partial charge in [0.05, 0.1) is 11.2 Å². The summed E-state index contributed by atoms with van der Waals surface area (Å²) in [4.78, 5) is 26.6. The number of fused-ring (bicyclic) bond motifs is 2. The maximum atomic E-state index is 13.1. The minimum Gasteiger partial charge on any atom is -0.487 e. The van der Waals surface area contributed by atoms with E-state index in [9.17, 15) is 4.79 Å². The lowest BCUT2D eigenvalue weighted by atomic mass is 10.1. The molecule has 0 unspecified atom stereocenters. The number of nitrogens with zero attached hydrogens (tertiary/aromatic N) is 5. The van der Waals surface area contributed by atoms with Crippen LogP contribution in [0.4, 0.5) is 0 Å². The molecule has 6 rings (SSSR count). The molecule has 0 radical (unpaired) electrons. The van der Waals surface area contributed by atoms with Gasteiger partial charge in [-0.15, -0.1) is 0 Å². The molecule has 3 aromatic heterocycles. The Hall–Kier alpha value is -4.23. The minimum atomic E-state index is 0.0637. The fourth-order valence-electron chi connectivity index (χ4n) is 4.90. The summed E-state index contributed by atoms with van der Waals surface area (Å²) in [5.74, 6) is 0.784. The van der Waals surface area contributed by atoms with Crippen LogP contribution in [0.25, 0.3) is 16.6 Å². The highest BCUT2D eigenvalue weighted by atomic mass is 16.5. The number of aryl methyl sites for hydroxylation is 1. The van der Waals surface area contributed by atoms with Crippen molar-refractivity contribution in [2.75, 3.05) is 26.2 Å². The number of amides is 1. The van der Waals surface area contributed by atoms with Crippen LogP contribution >= 0.6 is 0 Å². The maximum absolute atomic E-state index is 13.1. The molecule has 4 heterocycles. The zero-order valence-electron chi connectivity index (χ0n) is 20.9. The lowest BCUT2D eigenvalue weighted by Crippen LogP contribution is -2.48. The molecule has 1 aliphatic heterocycles. The fraction of sp³-hybridized carbons (Fsp3) is 0.233. The molecule has 37 heavy (non-hydrogen) atoms.